The van der Waals surface area contributed by atoms with Crippen LogP contribution < -0.4 is 11.1 Å². The number of hydrogen-bond donors (Lipinski definition) is 3. The number of nitrogens with zero attached hydrogens (tertiary/aromatic N) is 1. The Morgan fingerprint density at radius 1 is 1.79 bits per heavy atom. The second kappa shape index (κ2) is 5.04. The summed E-state index contributed by atoms with van der Waals surface area (Å²) in [6.45, 7) is 0.232. The second-order valence-corrected chi connectivity index (χ2v) is 2.82. The van der Waals surface area contributed by atoms with Crippen LogP contribution in [0.1, 0.15) is 11.6 Å². The molecule has 0 aliphatic carbocycles. The van der Waals surface area contributed by atoms with Gasteiger partial charge in [0.2, 0.25) is 5.91 Å². The van der Waals surface area contributed by atoms with Crippen molar-refractivity contribution in [1.29, 1.82) is 5.26 Å². The van der Waals surface area contributed by atoms with Gasteiger partial charge >= 0.3 is 0 Å². The SMILES string of the molecule is N#C[C@@H](CNC(=O)CN)c1ccc[nH]1. The average Bonchev–Trinajstić information content (AvgIpc) is 2.72. The molecule has 0 fully saturated rings. The van der Waals surface area contributed by atoms with Gasteiger partial charge < -0.3 is 16.0 Å². The number of nitrogens with one attached hydrogen (secondary N) is 2. The third kappa shape index (κ3) is 2.61. The molecule has 1 atom stereocenters. The molecule has 1 heterocycles. The molecule has 1 rings (SSSR count). The van der Waals surface area contributed by atoms with Crippen LogP contribution in [-0.2, 0) is 4.79 Å². The number of carbonyl (C=O) groups is 1. The Labute approximate surface area is 81.9 Å². The molecule has 0 radical (unpaired) electrons. The zero-order valence-electron chi connectivity index (χ0n) is 7.66. The predicted molar refractivity (Wildman–Crippen MR) is 51.2 cm³/mol. The van der Waals surface area contributed by atoms with Crippen molar-refractivity contribution in [3.05, 3.63) is 24.0 Å². The first kappa shape index (κ1) is 10.3. The van der Waals surface area contributed by atoms with E-state index in [-0.39, 0.29) is 24.9 Å². The highest BCUT2D eigenvalue weighted by atomic mass is 16.1. The second-order valence-electron chi connectivity index (χ2n) is 2.82. The molecule has 0 spiro atoms. The summed E-state index contributed by atoms with van der Waals surface area (Å²) in [7, 11) is 0. The Bertz CT molecular complexity index is 325. The maximum Gasteiger partial charge on any atom is 0.233 e. The number of nitriles is 1. The quantitative estimate of drug-likeness (QED) is 0.611. The number of aromatic amines is 1. The van der Waals surface area contributed by atoms with Gasteiger partial charge in [-0.05, 0) is 12.1 Å². The number of nitrogens with two attached hydrogens (primary N) is 1. The highest BCUT2D eigenvalue weighted by molar-refractivity contribution is 5.77. The van der Waals surface area contributed by atoms with Crippen LogP contribution in [0.5, 0.6) is 0 Å². The first-order valence-corrected chi connectivity index (χ1v) is 4.27. The molecule has 0 saturated heterocycles. The minimum atomic E-state index is -0.347. The van der Waals surface area contributed by atoms with Crippen LogP contribution in [-0.4, -0.2) is 24.0 Å². The topological polar surface area (TPSA) is 94.7 Å². The van der Waals surface area contributed by atoms with Crippen LogP contribution in [0.25, 0.3) is 0 Å². The van der Waals surface area contributed by atoms with Gasteiger partial charge in [0.1, 0.15) is 5.92 Å². The summed E-state index contributed by atoms with van der Waals surface area (Å²) < 4.78 is 0. The fourth-order valence-electron chi connectivity index (χ4n) is 1.07. The molecule has 1 amide bonds. The lowest BCUT2D eigenvalue weighted by Gasteiger charge is -2.07. The normalized spacial score (nSPS) is 11.7. The number of rotatable bonds is 4. The minimum absolute atomic E-state index is 0.0527. The monoisotopic (exact) mass is 192 g/mol. The fraction of sp³-hybridized carbons (Fsp3) is 0.333. The van der Waals surface area contributed by atoms with Gasteiger partial charge in [-0.3, -0.25) is 4.79 Å². The lowest BCUT2D eigenvalue weighted by atomic mass is 10.1. The van der Waals surface area contributed by atoms with E-state index in [1.165, 1.54) is 0 Å². The lowest BCUT2D eigenvalue weighted by molar-refractivity contribution is -0.119. The Balaban J connectivity index is 2.50. The number of amides is 1. The third-order valence-corrected chi connectivity index (χ3v) is 1.84. The summed E-state index contributed by atoms with van der Waals surface area (Å²) >= 11 is 0. The molecular formula is C9H12N4O. The number of H-pyrrole nitrogens is 1. The summed E-state index contributed by atoms with van der Waals surface area (Å²) in [5, 5.41) is 11.4. The van der Waals surface area contributed by atoms with Gasteiger partial charge in [0.15, 0.2) is 0 Å². The zero-order chi connectivity index (χ0) is 10.4. The molecule has 4 N–H and O–H groups in total. The molecule has 0 unspecified atom stereocenters. The highest BCUT2D eigenvalue weighted by Crippen LogP contribution is 2.10. The summed E-state index contributed by atoms with van der Waals surface area (Å²) in [4.78, 5) is 13.8. The molecule has 0 aliphatic rings. The van der Waals surface area contributed by atoms with E-state index in [2.05, 4.69) is 16.4 Å². The van der Waals surface area contributed by atoms with Gasteiger partial charge in [0.25, 0.3) is 0 Å². The van der Waals surface area contributed by atoms with Crippen LogP contribution in [0.15, 0.2) is 18.3 Å². The summed E-state index contributed by atoms with van der Waals surface area (Å²) in [5.41, 5.74) is 5.91. The smallest absolute Gasteiger partial charge is 0.233 e. The zero-order valence-corrected chi connectivity index (χ0v) is 7.66. The number of carbonyl (C=O) groups excluding carboxylic acids is 1. The molecule has 0 bridgehead atoms. The van der Waals surface area contributed by atoms with Crippen molar-refractivity contribution in [2.45, 2.75) is 5.92 Å². The maximum atomic E-state index is 10.8. The van der Waals surface area contributed by atoms with Crippen molar-refractivity contribution in [1.82, 2.24) is 10.3 Å². The first-order valence-electron chi connectivity index (χ1n) is 4.27. The largest absolute Gasteiger partial charge is 0.364 e. The molecule has 1 aromatic heterocycles. The molecule has 5 nitrogen and oxygen atoms in total. The van der Waals surface area contributed by atoms with Crippen LogP contribution in [0, 0.1) is 11.3 Å². The molecule has 14 heavy (non-hydrogen) atoms. The van der Waals surface area contributed by atoms with Gasteiger partial charge in [-0.15, -0.1) is 0 Å². The summed E-state index contributed by atoms with van der Waals surface area (Å²) in [6.07, 6.45) is 1.74. The number of aromatic nitrogens is 1. The van der Waals surface area contributed by atoms with E-state index in [0.29, 0.717) is 0 Å². The van der Waals surface area contributed by atoms with Crippen molar-refractivity contribution in [3.8, 4) is 6.07 Å². The third-order valence-electron chi connectivity index (χ3n) is 1.84. The first-order chi connectivity index (χ1) is 6.77. The Morgan fingerprint density at radius 2 is 2.57 bits per heavy atom. The van der Waals surface area contributed by atoms with Gasteiger partial charge in [0, 0.05) is 18.4 Å². The maximum absolute atomic E-state index is 10.8. The number of hydrogen-bond acceptors (Lipinski definition) is 3. The minimum Gasteiger partial charge on any atom is -0.364 e. The van der Waals surface area contributed by atoms with Crippen molar-refractivity contribution < 1.29 is 4.79 Å². The lowest BCUT2D eigenvalue weighted by Crippen LogP contribution is -2.33. The molecule has 1 aromatic rings. The van der Waals surface area contributed by atoms with Crippen molar-refractivity contribution in [2.24, 2.45) is 5.73 Å². The molecule has 0 saturated carbocycles. The van der Waals surface area contributed by atoms with E-state index in [4.69, 9.17) is 11.0 Å². The van der Waals surface area contributed by atoms with Gasteiger partial charge in [0.05, 0.1) is 12.6 Å². The van der Waals surface area contributed by atoms with E-state index in [1.54, 1.807) is 6.20 Å². The highest BCUT2D eigenvalue weighted by Gasteiger charge is 2.11. The van der Waals surface area contributed by atoms with E-state index in [9.17, 15) is 4.79 Å². The van der Waals surface area contributed by atoms with Crippen molar-refractivity contribution in [2.75, 3.05) is 13.1 Å². The van der Waals surface area contributed by atoms with E-state index >= 15 is 0 Å². The fourth-order valence-corrected chi connectivity index (χ4v) is 1.07. The summed E-state index contributed by atoms with van der Waals surface area (Å²) in [5.74, 6) is -0.600. The average molecular weight is 192 g/mol. The molecular weight excluding hydrogens is 180 g/mol. The van der Waals surface area contributed by atoms with Gasteiger partial charge in [-0.1, -0.05) is 0 Å². The van der Waals surface area contributed by atoms with Crippen LogP contribution >= 0.6 is 0 Å². The Hall–Kier alpha value is -1.80. The predicted octanol–water partition coefficient (Wildman–Crippen LogP) is -0.303. The van der Waals surface area contributed by atoms with Crippen molar-refractivity contribution in [3.63, 3.8) is 0 Å². The summed E-state index contributed by atoms with van der Waals surface area (Å²) in [6, 6.07) is 5.72. The van der Waals surface area contributed by atoms with Crippen molar-refractivity contribution >= 4 is 5.91 Å². The Kier molecular flexibility index (Phi) is 3.70. The van der Waals surface area contributed by atoms with Gasteiger partial charge in [-0.25, -0.2) is 0 Å². The van der Waals surface area contributed by atoms with E-state index in [1.807, 2.05) is 12.1 Å². The molecule has 74 valence electrons. The van der Waals surface area contributed by atoms with E-state index in [0.717, 1.165) is 5.69 Å². The van der Waals surface area contributed by atoms with E-state index < -0.39 is 0 Å². The standard InChI is InChI=1S/C9H12N4O/c10-4-7(6-13-9(14)5-11)8-2-1-3-12-8/h1-3,7,12H,5-6,11H2,(H,13,14)/t7-/m0/s1. The molecule has 5 heteroatoms. The Morgan fingerprint density at radius 3 is 3.07 bits per heavy atom. The van der Waals surface area contributed by atoms with Crippen LogP contribution in [0.3, 0.4) is 0 Å². The molecule has 0 aromatic carbocycles. The van der Waals surface area contributed by atoms with Crippen LogP contribution in [0.2, 0.25) is 0 Å². The van der Waals surface area contributed by atoms with Crippen LogP contribution in [0.4, 0.5) is 0 Å². The molecule has 0 aliphatic heterocycles. The van der Waals surface area contributed by atoms with Gasteiger partial charge in [-0.2, -0.15) is 5.26 Å².